The first-order valence-electron chi connectivity index (χ1n) is 8.53. The fourth-order valence-corrected chi connectivity index (χ4v) is 2.35. The molecule has 1 aromatic heterocycles. The summed E-state index contributed by atoms with van der Waals surface area (Å²) in [6.07, 6.45) is 0. The van der Waals surface area contributed by atoms with Gasteiger partial charge < -0.3 is 24.5 Å². The van der Waals surface area contributed by atoms with Crippen LogP contribution in [0.25, 0.3) is 0 Å². The average Bonchev–Trinajstić information content (AvgIpc) is 3.12. The fourth-order valence-electron chi connectivity index (χ4n) is 2.35. The third-order valence-corrected chi connectivity index (χ3v) is 3.88. The van der Waals surface area contributed by atoms with Gasteiger partial charge in [-0.15, -0.1) is 0 Å². The Balaban J connectivity index is 2.04. The number of ether oxygens (including phenoxy) is 1. The molecule has 9 heteroatoms. The topological polar surface area (TPSA) is 109 Å². The van der Waals surface area contributed by atoms with Gasteiger partial charge in [0.15, 0.2) is 5.76 Å². The maximum atomic E-state index is 12.9. The molecule has 28 heavy (non-hydrogen) atoms. The number of hydrogen-bond donors (Lipinski definition) is 2. The summed E-state index contributed by atoms with van der Waals surface area (Å²) in [4.78, 5) is 36.1. The van der Waals surface area contributed by atoms with Gasteiger partial charge in [0, 0.05) is 20.0 Å². The number of hydrogen-bond acceptors (Lipinski definition) is 5. The Morgan fingerprint density at radius 2 is 1.89 bits per heavy atom. The largest absolute Gasteiger partial charge is 0.486 e. The highest BCUT2D eigenvalue weighted by Crippen LogP contribution is 2.17. The Kier molecular flexibility index (Phi) is 7.14. The van der Waals surface area contributed by atoms with Crippen molar-refractivity contribution >= 4 is 17.8 Å². The van der Waals surface area contributed by atoms with Crippen molar-refractivity contribution in [1.82, 2.24) is 10.2 Å². The number of carbonyl (C=O) groups is 3. The SMILES string of the molecule is CC(=O)NCCN(C(=O)c1ccc(COc2ccc(F)cc2)o1)C(C)C(=O)O. The van der Waals surface area contributed by atoms with Crippen molar-refractivity contribution in [3.8, 4) is 5.75 Å². The monoisotopic (exact) mass is 392 g/mol. The van der Waals surface area contributed by atoms with Crippen molar-refractivity contribution in [3.05, 3.63) is 53.7 Å². The highest BCUT2D eigenvalue weighted by atomic mass is 19.1. The Hall–Kier alpha value is -3.36. The van der Waals surface area contributed by atoms with Crippen molar-refractivity contribution in [3.63, 3.8) is 0 Å². The second kappa shape index (κ2) is 9.54. The molecule has 1 unspecified atom stereocenters. The molecule has 150 valence electrons. The maximum Gasteiger partial charge on any atom is 0.326 e. The molecule has 1 atom stereocenters. The molecule has 2 rings (SSSR count). The normalized spacial score (nSPS) is 11.5. The van der Waals surface area contributed by atoms with E-state index in [2.05, 4.69) is 5.32 Å². The van der Waals surface area contributed by atoms with Gasteiger partial charge in [-0.25, -0.2) is 9.18 Å². The number of amides is 2. The quantitative estimate of drug-likeness (QED) is 0.676. The molecule has 0 aliphatic heterocycles. The van der Waals surface area contributed by atoms with E-state index in [1.54, 1.807) is 0 Å². The van der Waals surface area contributed by atoms with Crippen LogP contribution in [0, 0.1) is 5.82 Å². The molecule has 0 fully saturated rings. The number of benzene rings is 1. The Morgan fingerprint density at radius 1 is 1.21 bits per heavy atom. The molecule has 2 N–H and O–H groups in total. The van der Waals surface area contributed by atoms with Crippen LogP contribution in [0.1, 0.15) is 30.2 Å². The predicted molar refractivity (Wildman–Crippen MR) is 96.3 cm³/mol. The lowest BCUT2D eigenvalue weighted by Crippen LogP contribution is -2.46. The van der Waals surface area contributed by atoms with Gasteiger partial charge in [-0.1, -0.05) is 0 Å². The van der Waals surface area contributed by atoms with Gasteiger partial charge in [-0.3, -0.25) is 9.59 Å². The van der Waals surface area contributed by atoms with Crippen LogP contribution in [0.5, 0.6) is 5.75 Å². The van der Waals surface area contributed by atoms with E-state index in [1.165, 1.54) is 50.2 Å². The molecule has 0 spiro atoms. The molecule has 1 aromatic carbocycles. The molecule has 0 bridgehead atoms. The number of rotatable bonds is 9. The second-order valence-corrected chi connectivity index (χ2v) is 6.00. The zero-order valence-corrected chi connectivity index (χ0v) is 15.5. The lowest BCUT2D eigenvalue weighted by molar-refractivity contribution is -0.141. The van der Waals surface area contributed by atoms with Crippen LogP contribution in [-0.2, 0) is 16.2 Å². The first kappa shape index (κ1) is 20.9. The van der Waals surface area contributed by atoms with Gasteiger partial charge >= 0.3 is 5.97 Å². The van der Waals surface area contributed by atoms with Crippen molar-refractivity contribution < 1.29 is 33.0 Å². The number of carboxylic acid groups (broad SMARTS) is 1. The van der Waals surface area contributed by atoms with Crippen molar-refractivity contribution in [2.24, 2.45) is 0 Å². The van der Waals surface area contributed by atoms with E-state index in [1.807, 2.05) is 0 Å². The summed E-state index contributed by atoms with van der Waals surface area (Å²) in [5.74, 6) is -1.73. The minimum Gasteiger partial charge on any atom is -0.486 e. The summed E-state index contributed by atoms with van der Waals surface area (Å²) in [6.45, 7) is 2.83. The molecular weight excluding hydrogens is 371 g/mol. The molecular formula is C19H21FN2O6. The lowest BCUT2D eigenvalue weighted by Gasteiger charge is -2.25. The van der Waals surface area contributed by atoms with E-state index in [0.717, 1.165) is 4.90 Å². The van der Waals surface area contributed by atoms with Gasteiger partial charge in [-0.05, 0) is 43.3 Å². The van der Waals surface area contributed by atoms with Crippen LogP contribution in [0.15, 0.2) is 40.8 Å². The number of nitrogens with one attached hydrogen (secondary N) is 1. The molecule has 0 saturated heterocycles. The molecule has 0 aliphatic rings. The van der Waals surface area contributed by atoms with Crippen LogP contribution in [0.4, 0.5) is 4.39 Å². The van der Waals surface area contributed by atoms with Crippen LogP contribution in [0.3, 0.4) is 0 Å². The average molecular weight is 392 g/mol. The summed E-state index contributed by atoms with van der Waals surface area (Å²) in [7, 11) is 0. The number of carbonyl (C=O) groups excluding carboxylic acids is 2. The third kappa shape index (κ3) is 5.83. The van der Waals surface area contributed by atoms with Crippen molar-refractivity contribution in [1.29, 1.82) is 0 Å². The molecule has 0 aliphatic carbocycles. The highest BCUT2D eigenvalue weighted by molar-refractivity contribution is 5.94. The molecule has 1 heterocycles. The standard InChI is InChI=1S/C19H21FN2O6/c1-12(19(25)26)22(10-9-21-13(2)23)18(24)17-8-7-16(28-17)11-27-15-5-3-14(20)4-6-15/h3-8,12H,9-11H2,1-2H3,(H,21,23)(H,25,26). The van der Waals surface area contributed by atoms with E-state index < -0.39 is 17.9 Å². The smallest absolute Gasteiger partial charge is 0.326 e. The summed E-state index contributed by atoms with van der Waals surface area (Å²) in [6, 6.07) is 7.29. The van der Waals surface area contributed by atoms with Gasteiger partial charge in [0.05, 0.1) is 0 Å². The van der Waals surface area contributed by atoms with Crippen molar-refractivity contribution in [2.75, 3.05) is 13.1 Å². The molecule has 0 radical (unpaired) electrons. The summed E-state index contributed by atoms with van der Waals surface area (Å²) < 4.78 is 23.8. The number of aliphatic carboxylic acids is 1. The van der Waals surface area contributed by atoms with Gasteiger partial charge in [0.2, 0.25) is 5.91 Å². The molecule has 8 nitrogen and oxygen atoms in total. The maximum absolute atomic E-state index is 12.9. The molecule has 2 aromatic rings. The Labute approximate surface area is 160 Å². The number of carboxylic acids is 1. The summed E-state index contributed by atoms with van der Waals surface area (Å²) in [5.41, 5.74) is 0. The first-order chi connectivity index (χ1) is 13.3. The minimum absolute atomic E-state index is 0.00793. The van der Waals surface area contributed by atoms with Gasteiger partial charge in [0.25, 0.3) is 5.91 Å². The van der Waals surface area contributed by atoms with Crippen LogP contribution in [-0.4, -0.2) is 46.9 Å². The van der Waals surface area contributed by atoms with E-state index in [4.69, 9.17) is 9.15 Å². The summed E-state index contributed by atoms with van der Waals surface area (Å²) in [5, 5.41) is 11.8. The molecule has 0 saturated carbocycles. The van der Waals surface area contributed by atoms with Gasteiger partial charge in [-0.2, -0.15) is 0 Å². The van der Waals surface area contributed by atoms with Crippen LogP contribution >= 0.6 is 0 Å². The predicted octanol–water partition coefficient (Wildman–Crippen LogP) is 2.05. The summed E-state index contributed by atoms with van der Waals surface area (Å²) >= 11 is 0. The first-order valence-corrected chi connectivity index (χ1v) is 8.53. The highest BCUT2D eigenvalue weighted by Gasteiger charge is 2.28. The number of nitrogens with zero attached hydrogens (tertiary/aromatic N) is 1. The van der Waals surface area contributed by atoms with Crippen LogP contribution in [0.2, 0.25) is 0 Å². The molecule has 2 amide bonds. The fraction of sp³-hybridized carbons (Fsp3) is 0.316. The zero-order valence-electron chi connectivity index (χ0n) is 15.5. The van der Waals surface area contributed by atoms with E-state index in [9.17, 15) is 23.9 Å². The lowest BCUT2D eigenvalue weighted by atomic mass is 10.2. The number of furan rings is 1. The second-order valence-electron chi connectivity index (χ2n) is 6.00. The van der Waals surface area contributed by atoms with E-state index in [0.29, 0.717) is 11.5 Å². The van der Waals surface area contributed by atoms with Gasteiger partial charge in [0.1, 0.15) is 30.0 Å². The van der Waals surface area contributed by atoms with Crippen LogP contribution < -0.4 is 10.1 Å². The Morgan fingerprint density at radius 3 is 2.50 bits per heavy atom. The third-order valence-electron chi connectivity index (χ3n) is 3.88. The van der Waals surface area contributed by atoms with Crippen molar-refractivity contribution in [2.45, 2.75) is 26.5 Å². The number of halogens is 1. The minimum atomic E-state index is -1.18. The van der Waals surface area contributed by atoms with E-state index in [-0.39, 0.29) is 37.2 Å². The zero-order chi connectivity index (χ0) is 20.7. The van der Waals surface area contributed by atoms with E-state index >= 15 is 0 Å². The Bertz CT molecular complexity index is 833.